The monoisotopic (exact) mass is 303 g/mol. The molecule has 0 saturated heterocycles. The Morgan fingerprint density at radius 2 is 1.94 bits per heavy atom. The van der Waals surface area contributed by atoms with Crippen LogP contribution in [0.25, 0.3) is 0 Å². The van der Waals surface area contributed by atoms with Crippen LogP contribution >= 0.6 is 35.1 Å². The van der Waals surface area contributed by atoms with Gasteiger partial charge in [0.15, 0.2) is 0 Å². The quantitative estimate of drug-likeness (QED) is 0.687. The second-order valence-corrected chi connectivity index (χ2v) is 7.46. The first-order valence-electron chi connectivity index (χ1n) is 4.04. The number of hydrogen-bond donors (Lipinski definition) is 1. The van der Waals surface area contributed by atoms with E-state index in [1.165, 1.54) is 6.07 Å². The third-order valence-electron chi connectivity index (χ3n) is 1.65. The molecule has 0 fully saturated rings. The first-order valence-corrected chi connectivity index (χ1v) is 7.10. The van der Waals surface area contributed by atoms with Gasteiger partial charge in [0, 0.05) is 11.9 Å². The maximum Gasteiger partial charge on any atom is 0.319 e. The van der Waals surface area contributed by atoms with Crippen molar-refractivity contribution in [1.82, 2.24) is 4.13 Å². The molecular formula is C8H8Cl2FNO2S2. The van der Waals surface area contributed by atoms with Crippen molar-refractivity contribution in [2.24, 2.45) is 0 Å². The summed E-state index contributed by atoms with van der Waals surface area (Å²) in [6.07, 6.45) is 0. The minimum atomic E-state index is -3.82. The van der Waals surface area contributed by atoms with Gasteiger partial charge < -0.3 is 0 Å². The van der Waals surface area contributed by atoms with Crippen LogP contribution in [0.15, 0.2) is 29.2 Å². The molecule has 0 aliphatic rings. The van der Waals surface area contributed by atoms with E-state index >= 15 is 0 Å². The van der Waals surface area contributed by atoms with Gasteiger partial charge in [0.2, 0.25) is 10.0 Å². The topological polar surface area (TPSA) is 46.2 Å². The van der Waals surface area contributed by atoms with Crippen LogP contribution in [0, 0.1) is 6.92 Å². The van der Waals surface area contributed by atoms with Crippen LogP contribution in [0.4, 0.5) is 4.39 Å². The molecule has 0 unspecified atom stereocenters. The molecule has 0 saturated carbocycles. The summed E-state index contributed by atoms with van der Waals surface area (Å²) in [6, 6.07) is 6.30. The van der Waals surface area contributed by atoms with Crippen LogP contribution in [0.2, 0.25) is 0 Å². The summed E-state index contributed by atoms with van der Waals surface area (Å²) < 4.78 is 35.3. The second kappa shape index (κ2) is 5.10. The molecule has 16 heavy (non-hydrogen) atoms. The number of benzene rings is 1. The van der Waals surface area contributed by atoms with Gasteiger partial charge in [0.1, 0.15) is 0 Å². The molecule has 1 N–H and O–H groups in total. The Morgan fingerprint density at radius 1 is 1.38 bits per heavy atom. The Bertz CT molecular complexity index is 473. The Hall–Kier alpha value is -0.0100. The normalized spacial score (nSPS) is 12.8. The summed E-state index contributed by atoms with van der Waals surface area (Å²) in [4.78, 5) is 0.0556. The lowest BCUT2D eigenvalue weighted by atomic mass is 10.2. The van der Waals surface area contributed by atoms with E-state index in [-0.39, 0.29) is 16.8 Å². The van der Waals surface area contributed by atoms with Crippen LogP contribution in [0.1, 0.15) is 5.56 Å². The van der Waals surface area contributed by atoms with E-state index in [0.29, 0.717) is 5.56 Å². The fraction of sp³-hybridized carbons (Fsp3) is 0.250. The maximum atomic E-state index is 12.7. The molecule has 0 amide bonds. The van der Waals surface area contributed by atoms with Crippen molar-refractivity contribution < 1.29 is 12.8 Å². The van der Waals surface area contributed by atoms with Gasteiger partial charge in [-0.2, -0.15) is 4.39 Å². The van der Waals surface area contributed by atoms with E-state index in [0.717, 1.165) is 0 Å². The molecule has 0 radical (unpaired) electrons. The summed E-state index contributed by atoms with van der Waals surface area (Å²) in [5.41, 5.74) is 0.546. The number of aryl methyl sites for hydroxylation is 1. The lowest BCUT2D eigenvalue weighted by molar-refractivity contribution is 0.514. The van der Waals surface area contributed by atoms with Crippen molar-refractivity contribution >= 4 is 45.2 Å². The third kappa shape index (κ3) is 4.10. The Balaban J connectivity index is 2.92. The molecule has 0 aliphatic carbocycles. The van der Waals surface area contributed by atoms with Crippen LogP contribution in [-0.4, -0.2) is 12.3 Å². The Labute approximate surface area is 108 Å². The highest BCUT2D eigenvalue weighted by atomic mass is 35.5. The van der Waals surface area contributed by atoms with Gasteiger partial charge in [-0.05, 0) is 18.6 Å². The standard InChI is InChI=1S/C8H8Cl2FNO2S2/c1-6-4-2-3-5-7(6)16(13,14)12-15-8(9,10)11/h2-5,12H,1H3. The van der Waals surface area contributed by atoms with Gasteiger partial charge in [-0.25, -0.2) is 8.42 Å². The molecule has 1 rings (SSSR count). The van der Waals surface area contributed by atoms with Gasteiger partial charge in [-0.15, -0.1) is 4.13 Å². The zero-order valence-corrected chi connectivity index (χ0v) is 11.2. The van der Waals surface area contributed by atoms with E-state index in [1.807, 2.05) is 4.13 Å². The van der Waals surface area contributed by atoms with E-state index in [2.05, 4.69) is 0 Å². The van der Waals surface area contributed by atoms with Crippen molar-refractivity contribution in [1.29, 1.82) is 0 Å². The number of hydrogen-bond acceptors (Lipinski definition) is 3. The zero-order chi connectivity index (χ0) is 12.4. The minimum Gasteiger partial charge on any atom is -0.206 e. The zero-order valence-electron chi connectivity index (χ0n) is 8.08. The van der Waals surface area contributed by atoms with E-state index < -0.39 is 13.9 Å². The van der Waals surface area contributed by atoms with Crippen LogP contribution in [0.3, 0.4) is 0 Å². The van der Waals surface area contributed by atoms with Crippen molar-refractivity contribution in [3.05, 3.63) is 29.8 Å². The molecule has 90 valence electrons. The largest absolute Gasteiger partial charge is 0.319 e. The molecule has 1 aromatic carbocycles. The number of nitrogens with one attached hydrogen (secondary N) is 1. The van der Waals surface area contributed by atoms with Crippen LogP contribution in [-0.2, 0) is 10.0 Å². The van der Waals surface area contributed by atoms with Gasteiger partial charge in [-0.3, -0.25) is 0 Å². The highest BCUT2D eigenvalue weighted by Crippen LogP contribution is 2.34. The third-order valence-corrected chi connectivity index (χ3v) is 4.59. The first-order chi connectivity index (χ1) is 7.22. The number of alkyl halides is 3. The van der Waals surface area contributed by atoms with Gasteiger partial charge >= 0.3 is 3.92 Å². The lowest BCUT2D eigenvalue weighted by Gasteiger charge is -2.11. The van der Waals surface area contributed by atoms with Gasteiger partial charge in [0.05, 0.1) is 4.90 Å². The predicted octanol–water partition coefficient (Wildman–Crippen LogP) is 2.98. The van der Waals surface area contributed by atoms with Crippen molar-refractivity contribution in [3.63, 3.8) is 0 Å². The highest BCUT2D eigenvalue weighted by molar-refractivity contribution is 8.11. The van der Waals surface area contributed by atoms with E-state index in [9.17, 15) is 12.8 Å². The van der Waals surface area contributed by atoms with Crippen molar-refractivity contribution in [2.75, 3.05) is 0 Å². The Kier molecular flexibility index (Phi) is 4.48. The number of halogens is 3. The van der Waals surface area contributed by atoms with Crippen LogP contribution < -0.4 is 4.13 Å². The summed E-state index contributed by atoms with van der Waals surface area (Å²) in [7, 11) is -3.82. The molecule has 0 aromatic heterocycles. The molecule has 0 spiro atoms. The second-order valence-electron chi connectivity index (χ2n) is 2.90. The molecule has 0 atom stereocenters. The average Bonchev–Trinajstić information content (AvgIpc) is 2.14. The fourth-order valence-electron chi connectivity index (χ4n) is 1.00. The molecule has 0 heterocycles. The Morgan fingerprint density at radius 3 is 2.44 bits per heavy atom. The molecule has 3 nitrogen and oxygen atoms in total. The molecule has 0 aliphatic heterocycles. The molecule has 1 aromatic rings. The van der Waals surface area contributed by atoms with E-state index in [4.69, 9.17) is 23.2 Å². The summed E-state index contributed by atoms with van der Waals surface area (Å²) in [5, 5.41) is 0. The lowest BCUT2D eigenvalue weighted by Crippen LogP contribution is -2.21. The minimum absolute atomic E-state index is 0.0556. The molecule has 8 heteroatoms. The predicted molar refractivity (Wildman–Crippen MR) is 64.6 cm³/mol. The molecular weight excluding hydrogens is 296 g/mol. The van der Waals surface area contributed by atoms with Crippen LogP contribution in [0.5, 0.6) is 0 Å². The highest BCUT2D eigenvalue weighted by Gasteiger charge is 2.27. The maximum absolute atomic E-state index is 12.7. The molecule has 0 bridgehead atoms. The summed E-state index contributed by atoms with van der Waals surface area (Å²) >= 11 is 10.1. The number of sulfonamides is 1. The average molecular weight is 304 g/mol. The summed E-state index contributed by atoms with van der Waals surface area (Å²) in [6.45, 7) is 1.63. The van der Waals surface area contributed by atoms with Gasteiger partial charge in [-0.1, -0.05) is 41.4 Å². The first kappa shape index (κ1) is 14.1. The van der Waals surface area contributed by atoms with Gasteiger partial charge in [0.25, 0.3) is 0 Å². The van der Waals surface area contributed by atoms with Crippen molar-refractivity contribution in [2.45, 2.75) is 15.7 Å². The fourth-order valence-corrected chi connectivity index (χ4v) is 3.50. The van der Waals surface area contributed by atoms with E-state index in [1.54, 1.807) is 25.1 Å². The smallest absolute Gasteiger partial charge is 0.206 e. The summed E-state index contributed by atoms with van der Waals surface area (Å²) in [5.74, 6) is 0. The van der Waals surface area contributed by atoms with Crippen molar-refractivity contribution in [3.8, 4) is 0 Å². The SMILES string of the molecule is Cc1ccccc1S(=O)(=O)NSC(F)(Cl)Cl. The number of rotatable bonds is 4.